The fourth-order valence-electron chi connectivity index (χ4n) is 1.76. The summed E-state index contributed by atoms with van der Waals surface area (Å²) in [6, 6.07) is 10.8. The lowest BCUT2D eigenvalue weighted by molar-refractivity contribution is -0.384. The normalized spacial score (nSPS) is 11.0. The molecule has 0 aliphatic rings. The van der Waals surface area contributed by atoms with Crippen molar-refractivity contribution < 1.29 is 18.1 Å². The molecule has 0 aromatic heterocycles. The van der Waals surface area contributed by atoms with E-state index in [-0.39, 0.29) is 17.0 Å². The highest BCUT2D eigenvalue weighted by molar-refractivity contribution is 7.89. The van der Waals surface area contributed by atoms with Crippen LogP contribution in [-0.4, -0.2) is 19.2 Å². The van der Waals surface area contributed by atoms with Gasteiger partial charge in [0, 0.05) is 17.2 Å². The SMILES string of the molecule is O=C(Cc1ccc([N+](=O)[O-])cc1)NNS(=O)(=O)c1ccc(Cl)cc1. The summed E-state index contributed by atoms with van der Waals surface area (Å²) in [6.45, 7) is 0. The number of hydrogen-bond acceptors (Lipinski definition) is 5. The van der Waals surface area contributed by atoms with Crippen molar-refractivity contribution in [2.45, 2.75) is 11.3 Å². The lowest BCUT2D eigenvalue weighted by Crippen LogP contribution is -2.42. The van der Waals surface area contributed by atoms with Crippen molar-refractivity contribution in [1.29, 1.82) is 0 Å². The molecule has 0 heterocycles. The smallest absolute Gasteiger partial charge is 0.269 e. The number of hydrogen-bond donors (Lipinski definition) is 2. The van der Waals surface area contributed by atoms with E-state index < -0.39 is 20.9 Å². The van der Waals surface area contributed by atoms with Crippen molar-refractivity contribution in [2.75, 3.05) is 0 Å². The Kier molecular flexibility index (Phi) is 5.50. The molecule has 2 aromatic rings. The van der Waals surface area contributed by atoms with Crippen LogP contribution < -0.4 is 10.3 Å². The van der Waals surface area contributed by atoms with Crippen LogP contribution in [0.3, 0.4) is 0 Å². The molecule has 0 atom stereocenters. The molecular formula is C14H12ClN3O5S. The number of rotatable bonds is 6. The number of nitrogens with zero attached hydrogens (tertiary/aromatic N) is 1. The first-order valence-electron chi connectivity index (χ1n) is 6.57. The number of amides is 1. The molecule has 0 aliphatic heterocycles. The maximum atomic E-state index is 12.0. The van der Waals surface area contributed by atoms with Gasteiger partial charge >= 0.3 is 0 Å². The van der Waals surface area contributed by atoms with Gasteiger partial charge in [0.2, 0.25) is 5.91 Å². The molecule has 24 heavy (non-hydrogen) atoms. The van der Waals surface area contributed by atoms with Crippen molar-refractivity contribution >= 4 is 33.2 Å². The zero-order valence-electron chi connectivity index (χ0n) is 12.1. The molecule has 0 spiro atoms. The second kappa shape index (κ2) is 7.39. The van der Waals surface area contributed by atoms with E-state index in [4.69, 9.17) is 11.6 Å². The Morgan fingerprint density at radius 3 is 2.21 bits per heavy atom. The monoisotopic (exact) mass is 369 g/mol. The zero-order valence-corrected chi connectivity index (χ0v) is 13.7. The molecule has 0 saturated carbocycles. The van der Waals surface area contributed by atoms with E-state index >= 15 is 0 Å². The van der Waals surface area contributed by atoms with Crippen LogP contribution >= 0.6 is 11.6 Å². The van der Waals surface area contributed by atoms with Crippen LogP contribution in [-0.2, 0) is 21.2 Å². The van der Waals surface area contributed by atoms with Crippen LogP contribution in [0.1, 0.15) is 5.56 Å². The number of benzene rings is 2. The number of nitrogens with one attached hydrogen (secondary N) is 2. The Labute approximate surface area is 142 Å². The Hall–Kier alpha value is -2.49. The molecular weight excluding hydrogens is 358 g/mol. The first-order valence-corrected chi connectivity index (χ1v) is 8.43. The molecule has 126 valence electrons. The largest absolute Gasteiger partial charge is 0.277 e. The highest BCUT2D eigenvalue weighted by Gasteiger charge is 2.15. The molecule has 0 bridgehead atoms. The summed E-state index contributed by atoms with van der Waals surface area (Å²) in [6.07, 6.45) is -0.138. The molecule has 2 rings (SSSR count). The number of nitro benzene ring substituents is 1. The summed E-state index contributed by atoms with van der Waals surface area (Å²) < 4.78 is 24.0. The summed E-state index contributed by atoms with van der Waals surface area (Å²) in [4.78, 5) is 23.7. The molecule has 0 saturated heterocycles. The minimum Gasteiger partial charge on any atom is -0.277 e. The van der Waals surface area contributed by atoms with Crippen LogP contribution in [0.15, 0.2) is 53.4 Å². The van der Waals surface area contributed by atoms with Gasteiger partial charge in [0.15, 0.2) is 0 Å². The second-order valence-corrected chi connectivity index (χ2v) is 6.83. The Balaban J connectivity index is 1.95. The third kappa shape index (κ3) is 4.75. The number of hydrazine groups is 1. The lowest BCUT2D eigenvalue weighted by atomic mass is 10.1. The van der Waals surface area contributed by atoms with Crippen molar-refractivity contribution in [3.05, 3.63) is 69.2 Å². The van der Waals surface area contributed by atoms with E-state index in [0.717, 1.165) is 0 Å². The number of carbonyl (C=O) groups excluding carboxylic acids is 1. The van der Waals surface area contributed by atoms with Crippen LogP contribution in [0.4, 0.5) is 5.69 Å². The van der Waals surface area contributed by atoms with Gasteiger partial charge in [0.25, 0.3) is 15.7 Å². The van der Waals surface area contributed by atoms with Crippen molar-refractivity contribution in [3.63, 3.8) is 0 Å². The number of sulfonamides is 1. The van der Waals surface area contributed by atoms with E-state index in [9.17, 15) is 23.3 Å². The van der Waals surface area contributed by atoms with Crippen LogP contribution in [0, 0.1) is 10.1 Å². The zero-order chi connectivity index (χ0) is 17.7. The highest BCUT2D eigenvalue weighted by Crippen LogP contribution is 2.14. The molecule has 1 amide bonds. The summed E-state index contributed by atoms with van der Waals surface area (Å²) in [7, 11) is -3.91. The standard InChI is InChI=1S/C14H12ClN3O5S/c15-11-3-7-13(8-4-11)24(22,23)17-16-14(19)9-10-1-5-12(6-2-10)18(20)21/h1-8,17H,9H2,(H,16,19). The molecule has 2 aromatic carbocycles. The van der Waals surface area contributed by atoms with Crippen LogP contribution in [0.25, 0.3) is 0 Å². The summed E-state index contributed by atoms with van der Waals surface area (Å²) in [5.74, 6) is -0.610. The maximum Gasteiger partial charge on any atom is 0.269 e. The lowest BCUT2D eigenvalue weighted by Gasteiger charge is -2.08. The van der Waals surface area contributed by atoms with Crippen molar-refractivity contribution in [2.24, 2.45) is 0 Å². The van der Waals surface area contributed by atoms with Crippen LogP contribution in [0.2, 0.25) is 5.02 Å². The van der Waals surface area contributed by atoms with Gasteiger partial charge in [-0.25, -0.2) is 8.42 Å². The molecule has 0 aliphatic carbocycles. The molecule has 10 heteroatoms. The predicted molar refractivity (Wildman–Crippen MR) is 86.7 cm³/mol. The number of nitro groups is 1. The van der Waals surface area contributed by atoms with Gasteiger partial charge in [-0.05, 0) is 29.8 Å². The first kappa shape index (κ1) is 17.9. The number of halogens is 1. The Bertz CT molecular complexity index is 851. The number of carbonyl (C=O) groups is 1. The third-order valence-corrected chi connectivity index (χ3v) is 4.48. The Morgan fingerprint density at radius 1 is 1.08 bits per heavy atom. The average Bonchev–Trinajstić information content (AvgIpc) is 2.54. The maximum absolute atomic E-state index is 12.0. The van der Waals surface area contributed by atoms with E-state index in [0.29, 0.717) is 10.6 Å². The molecule has 8 nitrogen and oxygen atoms in total. The minimum atomic E-state index is -3.91. The van der Waals surface area contributed by atoms with E-state index in [1.54, 1.807) is 0 Å². The van der Waals surface area contributed by atoms with Gasteiger partial charge in [-0.1, -0.05) is 23.7 Å². The van der Waals surface area contributed by atoms with Gasteiger partial charge < -0.3 is 0 Å². The summed E-state index contributed by atoms with van der Waals surface area (Å²) in [5.41, 5.74) is 2.49. The quantitative estimate of drug-likeness (QED) is 0.594. The predicted octanol–water partition coefficient (Wildman–Crippen LogP) is 1.80. The molecule has 0 unspecified atom stereocenters. The average molecular weight is 370 g/mol. The second-order valence-electron chi connectivity index (χ2n) is 4.71. The van der Waals surface area contributed by atoms with Crippen molar-refractivity contribution in [1.82, 2.24) is 10.3 Å². The molecule has 2 N–H and O–H groups in total. The van der Waals surface area contributed by atoms with Gasteiger partial charge in [-0.3, -0.25) is 20.3 Å². The van der Waals surface area contributed by atoms with E-state index in [1.807, 2.05) is 4.83 Å². The van der Waals surface area contributed by atoms with Gasteiger partial charge in [0.05, 0.1) is 16.2 Å². The van der Waals surface area contributed by atoms with Crippen molar-refractivity contribution in [3.8, 4) is 0 Å². The fraction of sp³-hybridized carbons (Fsp3) is 0.0714. The molecule has 0 radical (unpaired) electrons. The van der Waals surface area contributed by atoms with Gasteiger partial charge in [0.1, 0.15) is 0 Å². The Morgan fingerprint density at radius 2 is 1.67 bits per heavy atom. The minimum absolute atomic E-state index is 0.0532. The van der Waals surface area contributed by atoms with Crippen LogP contribution in [0.5, 0.6) is 0 Å². The summed E-state index contributed by atoms with van der Waals surface area (Å²) in [5, 5.41) is 10.9. The third-order valence-electron chi connectivity index (χ3n) is 2.96. The van der Waals surface area contributed by atoms with E-state index in [2.05, 4.69) is 5.43 Å². The van der Waals surface area contributed by atoms with Gasteiger partial charge in [-0.15, -0.1) is 4.83 Å². The van der Waals surface area contributed by atoms with E-state index in [1.165, 1.54) is 48.5 Å². The molecule has 0 fully saturated rings. The summed E-state index contributed by atoms with van der Waals surface area (Å²) >= 11 is 5.68. The first-order chi connectivity index (χ1) is 11.3. The number of non-ortho nitro benzene ring substituents is 1. The highest BCUT2D eigenvalue weighted by atomic mass is 35.5. The van der Waals surface area contributed by atoms with Gasteiger partial charge in [-0.2, -0.15) is 0 Å². The topological polar surface area (TPSA) is 118 Å². The fourth-order valence-corrected chi connectivity index (χ4v) is 2.75.